The second kappa shape index (κ2) is 6.15. The van der Waals surface area contributed by atoms with Gasteiger partial charge in [-0.3, -0.25) is 4.79 Å². The summed E-state index contributed by atoms with van der Waals surface area (Å²) in [6.45, 7) is 8.19. The van der Waals surface area contributed by atoms with Crippen LogP contribution in [0.5, 0.6) is 0 Å². The minimum absolute atomic E-state index is 0.00828. The van der Waals surface area contributed by atoms with Crippen LogP contribution in [0.4, 0.5) is 4.79 Å². The normalized spacial score (nSPS) is 12.1. The second-order valence-corrected chi connectivity index (χ2v) is 4.62. The van der Waals surface area contributed by atoms with Crippen LogP contribution in [0.1, 0.15) is 34.1 Å². The van der Waals surface area contributed by atoms with E-state index in [0.29, 0.717) is 0 Å². The fraction of sp³-hybridized carbons (Fsp3) is 0.636. The van der Waals surface area contributed by atoms with Crippen molar-refractivity contribution in [3.63, 3.8) is 0 Å². The monoisotopic (exact) mass is 228 g/mol. The summed E-state index contributed by atoms with van der Waals surface area (Å²) in [6, 6.07) is -0.384. The number of carboxylic acids is 1. The number of aliphatic carboxylic acids is 1. The lowest BCUT2D eigenvalue weighted by molar-refractivity contribution is -0.136. The second-order valence-electron chi connectivity index (χ2n) is 4.62. The van der Waals surface area contributed by atoms with Crippen LogP contribution in [0.3, 0.4) is 0 Å². The molecule has 0 aliphatic carbocycles. The van der Waals surface area contributed by atoms with E-state index < -0.39 is 5.97 Å². The van der Waals surface area contributed by atoms with Crippen molar-refractivity contribution in [3.05, 3.63) is 11.8 Å². The summed E-state index contributed by atoms with van der Waals surface area (Å²) in [7, 11) is 0. The third kappa shape index (κ3) is 6.86. The van der Waals surface area contributed by atoms with Gasteiger partial charge in [0.1, 0.15) is 0 Å². The van der Waals surface area contributed by atoms with E-state index in [4.69, 9.17) is 5.11 Å². The Hall–Kier alpha value is -1.52. The largest absolute Gasteiger partial charge is 0.481 e. The molecule has 0 rings (SSSR count). The van der Waals surface area contributed by atoms with E-state index >= 15 is 0 Å². The Kier molecular flexibility index (Phi) is 5.56. The number of hydrogen-bond donors (Lipinski definition) is 3. The predicted octanol–water partition coefficient (Wildman–Crippen LogP) is 1.71. The molecule has 0 radical (unpaired) electrons. The summed E-state index contributed by atoms with van der Waals surface area (Å²) in [5.41, 5.74) is 1.05. The zero-order valence-electron chi connectivity index (χ0n) is 10.3. The molecule has 16 heavy (non-hydrogen) atoms. The molecule has 0 saturated carbocycles. The van der Waals surface area contributed by atoms with Crippen molar-refractivity contribution in [2.75, 3.05) is 6.54 Å². The quantitative estimate of drug-likeness (QED) is 0.685. The van der Waals surface area contributed by atoms with Crippen molar-refractivity contribution < 1.29 is 14.7 Å². The first-order valence-electron chi connectivity index (χ1n) is 5.17. The molecule has 0 aromatic heterocycles. The SMILES string of the molecule is C/C(=C\NC(=O)NCCC(=O)O)C(C)(C)C. The third-order valence-corrected chi connectivity index (χ3v) is 2.23. The fourth-order valence-corrected chi connectivity index (χ4v) is 0.724. The molecule has 0 aliphatic rings. The van der Waals surface area contributed by atoms with Gasteiger partial charge in [-0.05, 0) is 12.3 Å². The molecule has 0 aromatic carbocycles. The number of amides is 2. The third-order valence-electron chi connectivity index (χ3n) is 2.23. The number of carbonyl (C=O) groups is 2. The zero-order valence-corrected chi connectivity index (χ0v) is 10.3. The summed E-state index contributed by atoms with van der Waals surface area (Å²) in [6.07, 6.45) is 1.56. The molecule has 0 saturated heterocycles. The summed E-state index contributed by atoms with van der Waals surface area (Å²) in [5.74, 6) is -0.929. The van der Waals surface area contributed by atoms with Crippen molar-refractivity contribution in [2.45, 2.75) is 34.1 Å². The molecule has 0 heterocycles. The van der Waals surface area contributed by atoms with Crippen LogP contribution in [-0.2, 0) is 4.79 Å². The maximum absolute atomic E-state index is 11.2. The average Bonchev–Trinajstić information content (AvgIpc) is 2.11. The lowest BCUT2D eigenvalue weighted by Gasteiger charge is -2.19. The Morgan fingerprint density at radius 1 is 1.31 bits per heavy atom. The van der Waals surface area contributed by atoms with Gasteiger partial charge in [-0.25, -0.2) is 4.79 Å². The Bertz CT molecular complexity index is 290. The first-order valence-corrected chi connectivity index (χ1v) is 5.17. The van der Waals surface area contributed by atoms with Crippen LogP contribution >= 0.6 is 0 Å². The van der Waals surface area contributed by atoms with Crippen molar-refractivity contribution in [2.24, 2.45) is 5.41 Å². The molecular weight excluding hydrogens is 208 g/mol. The van der Waals surface area contributed by atoms with E-state index in [9.17, 15) is 9.59 Å². The molecule has 0 spiro atoms. The molecule has 0 aromatic rings. The predicted molar refractivity (Wildman–Crippen MR) is 62.0 cm³/mol. The Morgan fingerprint density at radius 2 is 1.88 bits per heavy atom. The summed E-state index contributed by atoms with van der Waals surface area (Å²) >= 11 is 0. The van der Waals surface area contributed by atoms with Crippen LogP contribution in [0.15, 0.2) is 11.8 Å². The van der Waals surface area contributed by atoms with Gasteiger partial charge in [0.15, 0.2) is 0 Å². The molecule has 5 heteroatoms. The molecule has 0 fully saturated rings. The molecule has 0 atom stereocenters. The number of nitrogens with one attached hydrogen (secondary N) is 2. The van der Waals surface area contributed by atoms with E-state index in [1.165, 1.54) is 0 Å². The highest BCUT2D eigenvalue weighted by molar-refractivity contribution is 5.75. The Morgan fingerprint density at radius 3 is 2.31 bits per heavy atom. The van der Waals surface area contributed by atoms with Crippen LogP contribution in [-0.4, -0.2) is 23.7 Å². The molecular formula is C11H20N2O3. The highest BCUT2D eigenvalue weighted by Gasteiger charge is 2.12. The Balaban J connectivity index is 3.94. The minimum atomic E-state index is -0.929. The van der Waals surface area contributed by atoms with Crippen molar-refractivity contribution >= 4 is 12.0 Å². The van der Waals surface area contributed by atoms with E-state index in [0.717, 1.165) is 5.57 Å². The topological polar surface area (TPSA) is 78.4 Å². The van der Waals surface area contributed by atoms with Crippen molar-refractivity contribution in [1.82, 2.24) is 10.6 Å². The maximum atomic E-state index is 11.2. The number of carbonyl (C=O) groups excluding carboxylic acids is 1. The number of allylic oxidation sites excluding steroid dienone is 1. The van der Waals surface area contributed by atoms with E-state index in [2.05, 4.69) is 10.6 Å². The molecule has 0 unspecified atom stereocenters. The van der Waals surface area contributed by atoms with Crippen molar-refractivity contribution in [1.29, 1.82) is 0 Å². The van der Waals surface area contributed by atoms with Crippen LogP contribution in [0.25, 0.3) is 0 Å². The number of carboxylic acid groups (broad SMARTS) is 1. The standard InChI is InChI=1S/C11H20N2O3/c1-8(11(2,3)4)7-13-10(16)12-6-5-9(14)15/h7H,5-6H2,1-4H3,(H,14,15)(H2,12,13,16)/b8-7+. The summed E-state index contributed by atoms with van der Waals surface area (Å²) in [5, 5.41) is 13.4. The van der Waals surface area contributed by atoms with Gasteiger partial charge in [0.25, 0.3) is 0 Å². The number of hydrogen-bond acceptors (Lipinski definition) is 2. The lowest BCUT2D eigenvalue weighted by Crippen LogP contribution is -2.34. The zero-order chi connectivity index (χ0) is 12.8. The van der Waals surface area contributed by atoms with Gasteiger partial charge in [-0.1, -0.05) is 26.3 Å². The molecule has 2 amide bonds. The van der Waals surface area contributed by atoms with E-state index in [1.54, 1.807) is 6.20 Å². The fourth-order valence-electron chi connectivity index (χ4n) is 0.724. The van der Waals surface area contributed by atoms with Gasteiger partial charge in [-0.2, -0.15) is 0 Å². The van der Waals surface area contributed by atoms with Crippen molar-refractivity contribution in [3.8, 4) is 0 Å². The molecule has 92 valence electrons. The number of urea groups is 1. The summed E-state index contributed by atoms with van der Waals surface area (Å²) < 4.78 is 0. The molecule has 0 bridgehead atoms. The lowest BCUT2D eigenvalue weighted by atomic mass is 9.88. The van der Waals surface area contributed by atoms with Gasteiger partial charge < -0.3 is 15.7 Å². The van der Waals surface area contributed by atoms with Crippen LogP contribution in [0, 0.1) is 5.41 Å². The highest BCUT2D eigenvalue weighted by Crippen LogP contribution is 2.23. The van der Waals surface area contributed by atoms with Crippen LogP contribution < -0.4 is 10.6 Å². The minimum Gasteiger partial charge on any atom is -0.481 e. The van der Waals surface area contributed by atoms with E-state index in [1.807, 2.05) is 27.7 Å². The first-order chi connectivity index (χ1) is 7.23. The van der Waals surface area contributed by atoms with E-state index in [-0.39, 0.29) is 24.4 Å². The Labute approximate surface area is 95.9 Å². The molecule has 5 nitrogen and oxygen atoms in total. The highest BCUT2D eigenvalue weighted by atomic mass is 16.4. The van der Waals surface area contributed by atoms with Gasteiger partial charge in [0.05, 0.1) is 6.42 Å². The van der Waals surface area contributed by atoms with Gasteiger partial charge in [-0.15, -0.1) is 0 Å². The first kappa shape index (κ1) is 14.5. The number of rotatable bonds is 4. The van der Waals surface area contributed by atoms with Gasteiger partial charge >= 0.3 is 12.0 Å². The maximum Gasteiger partial charge on any atom is 0.318 e. The average molecular weight is 228 g/mol. The molecule has 0 aliphatic heterocycles. The van der Waals surface area contributed by atoms with Gasteiger partial charge in [0.2, 0.25) is 0 Å². The van der Waals surface area contributed by atoms with Crippen LogP contribution in [0.2, 0.25) is 0 Å². The van der Waals surface area contributed by atoms with Gasteiger partial charge in [0, 0.05) is 12.7 Å². The summed E-state index contributed by atoms with van der Waals surface area (Å²) in [4.78, 5) is 21.4. The smallest absolute Gasteiger partial charge is 0.318 e. The molecule has 3 N–H and O–H groups in total.